The molecule has 1 aromatic rings. The van der Waals surface area contributed by atoms with Crippen LogP contribution in [0.3, 0.4) is 0 Å². The number of halogens is 2. The fourth-order valence-corrected chi connectivity index (χ4v) is 1.54. The summed E-state index contributed by atoms with van der Waals surface area (Å²) in [4.78, 5) is 0. The van der Waals surface area contributed by atoms with E-state index in [1.54, 1.807) is 6.07 Å². The van der Waals surface area contributed by atoms with E-state index in [0.29, 0.717) is 10.8 Å². The van der Waals surface area contributed by atoms with Gasteiger partial charge in [-0.2, -0.15) is 0 Å². The molecule has 0 radical (unpaired) electrons. The highest BCUT2D eigenvalue weighted by atomic mass is 35.5. The third kappa shape index (κ3) is 5.37. The lowest BCUT2D eigenvalue weighted by Gasteiger charge is -2.20. The van der Waals surface area contributed by atoms with Gasteiger partial charge in [-0.15, -0.1) is 0 Å². The number of rotatable bonds is 5. The van der Waals surface area contributed by atoms with Crippen LogP contribution in [0.5, 0.6) is 5.75 Å². The SMILES string of the molecule is CC(C)(C)NCc1ccc(OCCF)c(Cl)c1. The molecule has 0 amide bonds. The maximum absolute atomic E-state index is 12.0. The van der Waals surface area contributed by atoms with Crippen molar-refractivity contribution in [2.24, 2.45) is 0 Å². The first-order valence-electron chi connectivity index (χ1n) is 5.64. The molecule has 0 heterocycles. The number of alkyl halides is 1. The normalized spacial score (nSPS) is 11.6. The van der Waals surface area contributed by atoms with Gasteiger partial charge in [-0.3, -0.25) is 0 Å². The van der Waals surface area contributed by atoms with Crippen LogP contribution < -0.4 is 10.1 Å². The van der Waals surface area contributed by atoms with E-state index in [-0.39, 0.29) is 12.1 Å². The Labute approximate surface area is 107 Å². The van der Waals surface area contributed by atoms with Gasteiger partial charge in [0.05, 0.1) is 5.02 Å². The van der Waals surface area contributed by atoms with Crippen molar-refractivity contribution >= 4 is 11.6 Å². The zero-order valence-electron chi connectivity index (χ0n) is 10.5. The van der Waals surface area contributed by atoms with Crippen LogP contribution in [0.15, 0.2) is 18.2 Å². The van der Waals surface area contributed by atoms with Crippen molar-refractivity contribution in [1.29, 1.82) is 0 Å². The summed E-state index contributed by atoms with van der Waals surface area (Å²) < 4.78 is 17.1. The average Bonchev–Trinajstić information content (AvgIpc) is 2.24. The van der Waals surface area contributed by atoms with Gasteiger partial charge in [0.25, 0.3) is 0 Å². The number of ether oxygens (including phenoxy) is 1. The summed E-state index contributed by atoms with van der Waals surface area (Å²) >= 11 is 6.04. The molecule has 0 unspecified atom stereocenters. The highest BCUT2D eigenvalue weighted by Gasteiger charge is 2.09. The molecule has 0 aliphatic heterocycles. The van der Waals surface area contributed by atoms with Gasteiger partial charge in [-0.1, -0.05) is 17.7 Å². The van der Waals surface area contributed by atoms with Crippen molar-refractivity contribution in [3.63, 3.8) is 0 Å². The highest BCUT2D eigenvalue weighted by molar-refractivity contribution is 6.32. The summed E-state index contributed by atoms with van der Waals surface area (Å²) in [6.45, 7) is 6.59. The first-order valence-corrected chi connectivity index (χ1v) is 6.02. The van der Waals surface area contributed by atoms with Crippen molar-refractivity contribution in [3.05, 3.63) is 28.8 Å². The third-order valence-corrected chi connectivity index (χ3v) is 2.45. The predicted molar refractivity (Wildman–Crippen MR) is 69.5 cm³/mol. The highest BCUT2D eigenvalue weighted by Crippen LogP contribution is 2.25. The van der Waals surface area contributed by atoms with Crippen LogP contribution in [0.1, 0.15) is 26.3 Å². The van der Waals surface area contributed by atoms with Crippen LogP contribution in [-0.2, 0) is 6.54 Å². The van der Waals surface area contributed by atoms with E-state index in [0.717, 1.165) is 12.1 Å². The van der Waals surface area contributed by atoms with Crippen molar-refractivity contribution in [3.8, 4) is 5.75 Å². The molecule has 0 saturated carbocycles. The minimum atomic E-state index is -0.510. The smallest absolute Gasteiger partial charge is 0.138 e. The molecule has 1 rings (SSSR count). The van der Waals surface area contributed by atoms with Crippen LogP contribution in [-0.4, -0.2) is 18.8 Å². The van der Waals surface area contributed by atoms with Gasteiger partial charge < -0.3 is 10.1 Å². The van der Waals surface area contributed by atoms with Crippen LogP contribution in [0.25, 0.3) is 0 Å². The molecule has 0 aromatic heterocycles. The molecule has 0 saturated heterocycles. The average molecular weight is 260 g/mol. The van der Waals surface area contributed by atoms with Gasteiger partial charge in [0.1, 0.15) is 19.0 Å². The zero-order chi connectivity index (χ0) is 12.9. The zero-order valence-corrected chi connectivity index (χ0v) is 11.3. The lowest BCUT2D eigenvalue weighted by atomic mass is 10.1. The summed E-state index contributed by atoms with van der Waals surface area (Å²) in [5.41, 5.74) is 1.15. The molecule has 0 atom stereocenters. The monoisotopic (exact) mass is 259 g/mol. The van der Waals surface area contributed by atoms with E-state index < -0.39 is 6.67 Å². The Morgan fingerprint density at radius 3 is 2.59 bits per heavy atom. The summed E-state index contributed by atoms with van der Waals surface area (Å²) in [5.74, 6) is 0.531. The Morgan fingerprint density at radius 2 is 2.06 bits per heavy atom. The molecule has 0 aliphatic rings. The first-order chi connectivity index (χ1) is 7.92. The molecule has 1 N–H and O–H groups in total. The molecule has 96 valence electrons. The maximum atomic E-state index is 12.0. The largest absolute Gasteiger partial charge is 0.489 e. The maximum Gasteiger partial charge on any atom is 0.138 e. The van der Waals surface area contributed by atoms with Crippen molar-refractivity contribution < 1.29 is 9.13 Å². The fraction of sp³-hybridized carbons (Fsp3) is 0.538. The molecule has 0 spiro atoms. The second-order valence-corrected chi connectivity index (χ2v) is 5.31. The van der Waals surface area contributed by atoms with Gasteiger partial charge >= 0.3 is 0 Å². The molecule has 17 heavy (non-hydrogen) atoms. The fourth-order valence-electron chi connectivity index (χ4n) is 1.29. The number of benzene rings is 1. The molecule has 0 bridgehead atoms. The van der Waals surface area contributed by atoms with E-state index in [4.69, 9.17) is 16.3 Å². The van der Waals surface area contributed by atoms with Crippen molar-refractivity contribution in [2.75, 3.05) is 13.3 Å². The van der Waals surface area contributed by atoms with E-state index in [1.165, 1.54) is 0 Å². The van der Waals surface area contributed by atoms with Crippen LogP contribution in [0, 0.1) is 0 Å². The Balaban J connectivity index is 2.62. The Kier molecular flexibility index (Phi) is 5.22. The topological polar surface area (TPSA) is 21.3 Å². The van der Waals surface area contributed by atoms with E-state index in [1.807, 2.05) is 12.1 Å². The molecule has 4 heteroatoms. The van der Waals surface area contributed by atoms with Gasteiger partial charge in [0, 0.05) is 12.1 Å². The van der Waals surface area contributed by atoms with E-state index in [2.05, 4.69) is 26.1 Å². The summed E-state index contributed by atoms with van der Waals surface area (Å²) in [6, 6.07) is 5.55. The third-order valence-electron chi connectivity index (χ3n) is 2.15. The Hall–Kier alpha value is -0.800. The Bertz CT molecular complexity index is 363. The lowest BCUT2D eigenvalue weighted by molar-refractivity contribution is 0.273. The van der Waals surface area contributed by atoms with Gasteiger partial charge in [-0.25, -0.2) is 4.39 Å². The van der Waals surface area contributed by atoms with Gasteiger partial charge in [-0.05, 0) is 38.5 Å². The van der Waals surface area contributed by atoms with Crippen LogP contribution in [0.4, 0.5) is 4.39 Å². The second kappa shape index (κ2) is 6.22. The molecular formula is C13H19ClFNO. The quantitative estimate of drug-likeness (QED) is 0.873. The standard InChI is InChI=1S/C13H19ClFNO/c1-13(2,3)16-9-10-4-5-12(11(14)8-10)17-7-6-15/h4-5,8,16H,6-7,9H2,1-3H3. The van der Waals surface area contributed by atoms with Crippen molar-refractivity contribution in [2.45, 2.75) is 32.9 Å². The first kappa shape index (κ1) is 14.3. The van der Waals surface area contributed by atoms with Crippen LogP contribution in [0.2, 0.25) is 5.02 Å². The summed E-state index contributed by atoms with van der Waals surface area (Å²) in [6.07, 6.45) is 0. The molecule has 0 fully saturated rings. The summed E-state index contributed by atoms with van der Waals surface area (Å²) in [5, 5.41) is 3.89. The molecule has 2 nitrogen and oxygen atoms in total. The predicted octanol–water partition coefficient (Wildman–Crippen LogP) is 3.58. The van der Waals surface area contributed by atoms with E-state index in [9.17, 15) is 4.39 Å². The minimum absolute atomic E-state index is 0.0410. The number of hydrogen-bond acceptors (Lipinski definition) is 2. The number of hydrogen-bond donors (Lipinski definition) is 1. The van der Waals surface area contributed by atoms with Crippen LogP contribution >= 0.6 is 11.6 Å². The minimum Gasteiger partial charge on any atom is -0.489 e. The molecule has 1 aromatic carbocycles. The second-order valence-electron chi connectivity index (χ2n) is 4.91. The molecular weight excluding hydrogens is 241 g/mol. The van der Waals surface area contributed by atoms with E-state index >= 15 is 0 Å². The lowest BCUT2D eigenvalue weighted by Crippen LogP contribution is -2.35. The molecule has 0 aliphatic carbocycles. The summed E-state index contributed by atoms with van der Waals surface area (Å²) in [7, 11) is 0. The van der Waals surface area contributed by atoms with Gasteiger partial charge in [0.2, 0.25) is 0 Å². The Morgan fingerprint density at radius 1 is 1.35 bits per heavy atom. The van der Waals surface area contributed by atoms with Gasteiger partial charge in [0.15, 0.2) is 0 Å². The number of nitrogens with one attached hydrogen (secondary N) is 1. The van der Waals surface area contributed by atoms with Crippen molar-refractivity contribution in [1.82, 2.24) is 5.32 Å².